The van der Waals surface area contributed by atoms with E-state index in [2.05, 4.69) is 44.2 Å². The highest BCUT2D eigenvalue weighted by molar-refractivity contribution is 7.92. The Morgan fingerprint density at radius 1 is 1.04 bits per heavy atom. The summed E-state index contributed by atoms with van der Waals surface area (Å²) in [7, 11) is -3.34. The number of anilines is 4. The van der Waals surface area contributed by atoms with Crippen LogP contribution < -0.4 is 14.9 Å². The normalized spacial score (nSPS) is 15.7. The van der Waals surface area contributed by atoms with Gasteiger partial charge < -0.3 is 10.2 Å². The second-order valence-corrected chi connectivity index (χ2v) is 8.66. The van der Waals surface area contributed by atoms with Crippen molar-refractivity contribution in [1.82, 2.24) is 10.2 Å². The molecule has 1 aromatic heterocycles. The van der Waals surface area contributed by atoms with E-state index in [0.717, 1.165) is 24.7 Å². The maximum Gasteiger partial charge on any atom is 0.233 e. The molecule has 1 fully saturated rings. The Morgan fingerprint density at radius 2 is 1.65 bits per heavy atom. The van der Waals surface area contributed by atoms with Crippen molar-refractivity contribution in [2.75, 3.05) is 33.8 Å². The van der Waals surface area contributed by atoms with Gasteiger partial charge in [-0.15, -0.1) is 10.2 Å². The van der Waals surface area contributed by atoms with Crippen molar-refractivity contribution >= 4 is 33.0 Å². The van der Waals surface area contributed by atoms with E-state index in [4.69, 9.17) is 0 Å². The molecule has 0 bridgehead atoms. The molecule has 7 nitrogen and oxygen atoms in total. The lowest BCUT2D eigenvalue weighted by atomic mass is 9.99. The van der Waals surface area contributed by atoms with Crippen molar-refractivity contribution in [2.45, 2.75) is 26.7 Å². The average Bonchev–Trinajstić information content (AvgIpc) is 2.65. The minimum absolute atomic E-state index is 0.00302. The van der Waals surface area contributed by atoms with Crippen LogP contribution in [-0.4, -0.2) is 37.5 Å². The van der Waals surface area contributed by atoms with Crippen molar-refractivity contribution in [3.05, 3.63) is 36.4 Å². The first-order valence-electron chi connectivity index (χ1n) is 8.91. The van der Waals surface area contributed by atoms with Gasteiger partial charge in [-0.1, -0.05) is 6.92 Å². The molecule has 1 aromatic carbocycles. The highest BCUT2D eigenvalue weighted by atomic mass is 32.2. The van der Waals surface area contributed by atoms with E-state index >= 15 is 0 Å². The summed E-state index contributed by atoms with van der Waals surface area (Å²) in [6, 6.07) is 11.5. The van der Waals surface area contributed by atoms with E-state index < -0.39 is 10.0 Å². The van der Waals surface area contributed by atoms with Crippen LogP contribution in [0.25, 0.3) is 0 Å². The fourth-order valence-electron chi connectivity index (χ4n) is 2.86. The van der Waals surface area contributed by atoms with Gasteiger partial charge in [0.25, 0.3) is 0 Å². The number of sulfonamides is 1. The van der Waals surface area contributed by atoms with Gasteiger partial charge in [0.05, 0.1) is 5.75 Å². The van der Waals surface area contributed by atoms with Gasteiger partial charge in [-0.3, -0.25) is 4.72 Å². The molecule has 0 spiro atoms. The Kier molecular flexibility index (Phi) is 5.61. The van der Waals surface area contributed by atoms with Gasteiger partial charge in [-0.05, 0) is 62.1 Å². The number of hydrogen-bond acceptors (Lipinski definition) is 6. The Morgan fingerprint density at radius 3 is 2.23 bits per heavy atom. The minimum Gasteiger partial charge on any atom is -0.372 e. The highest BCUT2D eigenvalue weighted by Gasteiger charge is 2.15. The fraction of sp³-hybridized carbons (Fsp3) is 0.444. The molecule has 1 saturated heterocycles. The molecular weight excluding hydrogens is 350 g/mol. The third-order valence-corrected chi connectivity index (χ3v) is 5.87. The molecule has 8 heteroatoms. The van der Waals surface area contributed by atoms with Crippen molar-refractivity contribution < 1.29 is 8.42 Å². The van der Waals surface area contributed by atoms with Crippen LogP contribution in [0.1, 0.15) is 26.7 Å². The summed E-state index contributed by atoms with van der Waals surface area (Å²) >= 11 is 0. The number of nitrogens with zero attached hydrogens (tertiary/aromatic N) is 3. The third kappa shape index (κ3) is 4.85. The summed E-state index contributed by atoms with van der Waals surface area (Å²) in [4.78, 5) is 2.41. The lowest BCUT2D eigenvalue weighted by Crippen LogP contribution is -2.32. The third-order valence-electron chi connectivity index (χ3n) is 4.59. The largest absolute Gasteiger partial charge is 0.372 e. The molecule has 26 heavy (non-hydrogen) atoms. The topological polar surface area (TPSA) is 87.2 Å². The number of hydrogen-bond donors (Lipinski definition) is 2. The maximum atomic E-state index is 11.5. The molecule has 0 unspecified atom stereocenters. The number of piperidine rings is 1. The van der Waals surface area contributed by atoms with Gasteiger partial charge in [0.15, 0.2) is 11.6 Å². The Hall–Kier alpha value is -2.35. The molecule has 0 radical (unpaired) electrons. The van der Waals surface area contributed by atoms with Gasteiger partial charge in [0.1, 0.15) is 0 Å². The second kappa shape index (κ2) is 7.90. The van der Waals surface area contributed by atoms with E-state index in [1.807, 2.05) is 12.1 Å². The van der Waals surface area contributed by atoms with Crippen LogP contribution >= 0.6 is 0 Å². The van der Waals surface area contributed by atoms with Crippen LogP contribution in [0.3, 0.4) is 0 Å². The fourth-order valence-corrected chi connectivity index (χ4v) is 3.43. The average molecular weight is 375 g/mol. The lowest BCUT2D eigenvalue weighted by Gasteiger charge is -2.32. The molecule has 0 amide bonds. The second-order valence-electron chi connectivity index (χ2n) is 6.65. The highest BCUT2D eigenvalue weighted by Crippen LogP contribution is 2.25. The van der Waals surface area contributed by atoms with Crippen molar-refractivity contribution in [2.24, 2.45) is 5.92 Å². The molecule has 1 aliphatic heterocycles. The van der Waals surface area contributed by atoms with Gasteiger partial charge in [-0.25, -0.2) is 8.42 Å². The standard InChI is InChI=1S/C18H25N5O2S/c1-3-26(24,25)22-18-9-8-17(20-21-18)19-15-4-6-16(7-5-15)23-12-10-14(2)11-13-23/h4-9,14H,3,10-13H2,1-2H3,(H,19,20)(H,21,22). The monoisotopic (exact) mass is 375 g/mol. The van der Waals surface area contributed by atoms with Gasteiger partial charge in [0.2, 0.25) is 10.0 Å². The predicted octanol–water partition coefficient (Wildman–Crippen LogP) is 3.22. The Bertz CT molecular complexity index is 814. The van der Waals surface area contributed by atoms with Crippen LogP contribution in [0.4, 0.5) is 23.0 Å². The van der Waals surface area contributed by atoms with E-state index in [1.54, 1.807) is 19.1 Å². The summed E-state index contributed by atoms with van der Waals surface area (Å²) in [5, 5.41) is 11.1. The summed E-state index contributed by atoms with van der Waals surface area (Å²) in [6.45, 7) is 6.09. The van der Waals surface area contributed by atoms with E-state index in [1.165, 1.54) is 18.5 Å². The summed E-state index contributed by atoms with van der Waals surface area (Å²) in [5.41, 5.74) is 2.15. The molecule has 0 aliphatic carbocycles. The van der Waals surface area contributed by atoms with Crippen LogP contribution in [-0.2, 0) is 10.0 Å². The van der Waals surface area contributed by atoms with Gasteiger partial charge in [-0.2, -0.15) is 0 Å². The first-order chi connectivity index (χ1) is 12.4. The van der Waals surface area contributed by atoms with E-state index in [-0.39, 0.29) is 11.6 Å². The molecule has 3 rings (SSSR count). The quantitative estimate of drug-likeness (QED) is 0.806. The maximum absolute atomic E-state index is 11.5. The summed E-state index contributed by atoms with van der Waals surface area (Å²) < 4.78 is 25.4. The van der Waals surface area contributed by atoms with Crippen molar-refractivity contribution in [3.63, 3.8) is 0 Å². The lowest BCUT2D eigenvalue weighted by molar-refractivity contribution is 0.438. The molecule has 140 valence electrons. The molecule has 2 aromatic rings. The first kappa shape index (κ1) is 18.4. The zero-order chi connectivity index (χ0) is 18.6. The van der Waals surface area contributed by atoms with Gasteiger partial charge >= 0.3 is 0 Å². The Balaban J connectivity index is 1.60. The molecule has 2 N–H and O–H groups in total. The van der Waals surface area contributed by atoms with Crippen molar-refractivity contribution in [1.29, 1.82) is 0 Å². The van der Waals surface area contributed by atoms with Crippen LogP contribution in [0, 0.1) is 5.92 Å². The number of rotatable bonds is 6. The smallest absolute Gasteiger partial charge is 0.233 e. The minimum atomic E-state index is -3.34. The SMILES string of the molecule is CCS(=O)(=O)Nc1ccc(Nc2ccc(N3CCC(C)CC3)cc2)nn1. The molecule has 0 saturated carbocycles. The van der Waals surface area contributed by atoms with Crippen LogP contribution in [0.2, 0.25) is 0 Å². The molecule has 0 atom stereocenters. The molecule has 1 aliphatic rings. The first-order valence-corrected chi connectivity index (χ1v) is 10.6. The van der Waals surface area contributed by atoms with E-state index in [9.17, 15) is 8.42 Å². The zero-order valence-corrected chi connectivity index (χ0v) is 16.0. The number of benzene rings is 1. The molecule has 2 heterocycles. The van der Waals surface area contributed by atoms with Crippen LogP contribution in [0.5, 0.6) is 0 Å². The Labute approximate surface area is 154 Å². The summed E-state index contributed by atoms with van der Waals surface area (Å²) in [5.74, 6) is 1.59. The summed E-state index contributed by atoms with van der Waals surface area (Å²) in [6.07, 6.45) is 2.48. The zero-order valence-electron chi connectivity index (χ0n) is 15.1. The van der Waals surface area contributed by atoms with Gasteiger partial charge in [0, 0.05) is 24.5 Å². The number of aromatic nitrogens is 2. The predicted molar refractivity (Wildman–Crippen MR) is 105 cm³/mol. The van der Waals surface area contributed by atoms with Crippen LogP contribution in [0.15, 0.2) is 36.4 Å². The van der Waals surface area contributed by atoms with Crippen molar-refractivity contribution in [3.8, 4) is 0 Å². The number of nitrogens with one attached hydrogen (secondary N) is 2. The van der Waals surface area contributed by atoms with E-state index in [0.29, 0.717) is 5.82 Å². The molecular formula is C18H25N5O2S.